The van der Waals surface area contributed by atoms with Gasteiger partial charge in [-0.25, -0.2) is 0 Å². The number of carbonyl (C=O) groups is 3. The van der Waals surface area contributed by atoms with Crippen molar-refractivity contribution in [1.82, 2.24) is 15.8 Å². The largest absolute Gasteiger partial charge is 0.333 e. The highest BCUT2D eigenvalue weighted by Crippen LogP contribution is 2.10. The minimum absolute atomic E-state index is 0.00653. The second-order valence-corrected chi connectivity index (χ2v) is 5.41. The van der Waals surface area contributed by atoms with E-state index in [4.69, 9.17) is 0 Å². The van der Waals surface area contributed by atoms with Crippen LogP contribution in [0.4, 0.5) is 0 Å². The number of hydrogen-bond acceptors (Lipinski definition) is 3. The number of hydrazine groups is 1. The molecule has 0 aliphatic carbocycles. The van der Waals surface area contributed by atoms with Crippen molar-refractivity contribution in [3.8, 4) is 0 Å². The van der Waals surface area contributed by atoms with E-state index in [1.165, 1.54) is 11.0 Å². The smallest absolute Gasteiger partial charge is 0.262 e. The second-order valence-electron chi connectivity index (χ2n) is 5.41. The van der Waals surface area contributed by atoms with E-state index in [0.717, 1.165) is 24.8 Å². The molecule has 0 saturated carbocycles. The van der Waals surface area contributed by atoms with E-state index in [-0.39, 0.29) is 12.5 Å². The molecule has 1 fully saturated rings. The van der Waals surface area contributed by atoms with Gasteiger partial charge in [0.05, 0.1) is 0 Å². The zero-order valence-corrected chi connectivity index (χ0v) is 13.0. The first-order valence-electron chi connectivity index (χ1n) is 7.75. The van der Waals surface area contributed by atoms with Crippen molar-refractivity contribution in [3.05, 3.63) is 42.0 Å². The molecule has 1 heterocycles. The minimum Gasteiger partial charge on any atom is -0.333 e. The lowest BCUT2D eigenvalue weighted by Crippen LogP contribution is -2.47. The van der Waals surface area contributed by atoms with Crippen molar-refractivity contribution >= 4 is 23.8 Å². The number of rotatable bonds is 4. The molecule has 0 bridgehead atoms. The van der Waals surface area contributed by atoms with Gasteiger partial charge in [0.1, 0.15) is 6.54 Å². The lowest BCUT2D eigenvalue weighted by molar-refractivity contribution is -0.136. The van der Waals surface area contributed by atoms with Gasteiger partial charge in [0.25, 0.3) is 11.8 Å². The highest BCUT2D eigenvalue weighted by molar-refractivity contribution is 5.93. The number of nitrogens with one attached hydrogen (secondary N) is 2. The van der Waals surface area contributed by atoms with Crippen LogP contribution in [0.3, 0.4) is 0 Å². The molecule has 0 radical (unpaired) electrons. The molecular formula is C17H21N3O3. The van der Waals surface area contributed by atoms with E-state index in [1.807, 2.05) is 30.3 Å². The van der Waals surface area contributed by atoms with Crippen LogP contribution in [-0.2, 0) is 14.4 Å². The third-order valence-electron chi connectivity index (χ3n) is 3.56. The van der Waals surface area contributed by atoms with Crippen LogP contribution >= 0.6 is 0 Å². The number of carbonyl (C=O) groups excluding carboxylic acids is 3. The predicted octanol–water partition coefficient (Wildman–Crippen LogP) is 1.25. The molecule has 1 aliphatic rings. The fourth-order valence-corrected chi connectivity index (χ4v) is 2.33. The van der Waals surface area contributed by atoms with Gasteiger partial charge in [0.2, 0.25) is 5.91 Å². The van der Waals surface area contributed by atoms with Crippen LogP contribution in [0.5, 0.6) is 0 Å². The van der Waals surface area contributed by atoms with Crippen LogP contribution in [0.1, 0.15) is 31.2 Å². The number of likely N-dealkylation sites (tertiary alicyclic amines) is 1. The van der Waals surface area contributed by atoms with Gasteiger partial charge in [-0.05, 0) is 24.5 Å². The summed E-state index contributed by atoms with van der Waals surface area (Å²) in [4.78, 5) is 36.8. The first-order chi connectivity index (χ1) is 11.1. The summed E-state index contributed by atoms with van der Waals surface area (Å²) in [7, 11) is 0. The molecule has 1 aromatic rings. The predicted molar refractivity (Wildman–Crippen MR) is 86.8 cm³/mol. The molecule has 0 spiro atoms. The van der Waals surface area contributed by atoms with Gasteiger partial charge in [-0.15, -0.1) is 0 Å². The Morgan fingerprint density at radius 3 is 2.65 bits per heavy atom. The molecule has 1 saturated heterocycles. The second kappa shape index (κ2) is 8.73. The lowest BCUT2D eigenvalue weighted by atomic mass is 10.2. The summed E-state index contributed by atoms with van der Waals surface area (Å²) in [5, 5.41) is 0. The Bertz CT molecular complexity index is 584. The molecule has 3 amide bonds. The molecule has 122 valence electrons. The van der Waals surface area contributed by atoms with Crippen LogP contribution in [0.25, 0.3) is 6.08 Å². The van der Waals surface area contributed by atoms with Crippen molar-refractivity contribution in [2.75, 3.05) is 13.1 Å². The van der Waals surface area contributed by atoms with Crippen molar-refractivity contribution in [2.24, 2.45) is 0 Å². The van der Waals surface area contributed by atoms with Crippen LogP contribution in [0.2, 0.25) is 0 Å². The Morgan fingerprint density at radius 2 is 1.87 bits per heavy atom. The topological polar surface area (TPSA) is 78.5 Å². The van der Waals surface area contributed by atoms with Gasteiger partial charge >= 0.3 is 0 Å². The highest BCUT2D eigenvalue weighted by atomic mass is 16.2. The van der Waals surface area contributed by atoms with Crippen molar-refractivity contribution in [1.29, 1.82) is 0 Å². The van der Waals surface area contributed by atoms with E-state index in [2.05, 4.69) is 10.9 Å². The van der Waals surface area contributed by atoms with Crippen molar-refractivity contribution in [2.45, 2.75) is 25.7 Å². The fourth-order valence-electron chi connectivity index (χ4n) is 2.33. The molecular weight excluding hydrogens is 294 g/mol. The molecule has 23 heavy (non-hydrogen) atoms. The SMILES string of the molecule is O=C(/C=C/c1ccccc1)NNC(=O)CN1CCCCCC1=O. The van der Waals surface area contributed by atoms with Gasteiger partial charge < -0.3 is 4.90 Å². The summed E-state index contributed by atoms with van der Waals surface area (Å²) in [5.41, 5.74) is 5.53. The van der Waals surface area contributed by atoms with E-state index in [9.17, 15) is 14.4 Å². The zero-order valence-electron chi connectivity index (χ0n) is 13.0. The van der Waals surface area contributed by atoms with Crippen LogP contribution < -0.4 is 10.9 Å². The van der Waals surface area contributed by atoms with Gasteiger partial charge in [-0.1, -0.05) is 36.8 Å². The fraction of sp³-hybridized carbons (Fsp3) is 0.353. The molecule has 0 atom stereocenters. The van der Waals surface area contributed by atoms with E-state index >= 15 is 0 Å². The number of amides is 3. The first-order valence-corrected chi connectivity index (χ1v) is 7.75. The Kier molecular flexibility index (Phi) is 6.35. The Morgan fingerprint density at radius 1 is 1.09 bits per heavy atom. The first kappa shape index (κ1) is 16.7. The van der Waals surface area contributed by atoms with E-state index in [1.54, 1.807) is 6.08 Å². The van der Waals surface area contributed by atoms with Gasteiger partial charge in [0, 0.05) is 19.0 Å². The maximum absolute atomic E-state index is 11.8. The van der Waals surface area contributed by atoms with Gasteiger partial charge in [-0.2, -0.15) is 0 Å². The molecule has 2 N–H and O–H groups in total. The van der Waals surface area contributed by atoms with E-state index < -0.39 is 11.8 Å². The molecule has 1 aromatic carbocycles. The Labute approximate surface area is 135 Å². The number of nitrogens with zero attached hydrogens (tertiary/aromatic N) is 1. The molecule has 2 rings (SSSR count). The highest BCUT2D eigenvalue weighted by Gasteiger charge is 2.19. The lowest BCUT2D eigenvalue weighted by Gasteiger charge is -2.19. The standard InChI is InChI=1S/C17H21N3O3/c21-15(11-10-14-7-3-1-4-8-14)18-19-16(22)13-20-12-6-2-5-9-17(20)23/h1,3-4,7-8,10-11H,2,5-6,9,12-13H2,(H,18,21)(H,19,22)/b11-10+. The summed E-state index contributed by atoms with van der Waals surface area (Å²) < 4.78 is 0. The third kappa shape index (κ3) is 5.94. The molecule has 6 heteroatoms. The average Bonchev–Trinajstić information content (AvgIpc) is 2.77. The molecule has 0 unspecified atom stereocenters. The van der Waals surface area contributed by atoms with E-state index in [0.29, 0.717) is 13.0 Å². The molecule has 6 nitrogen and oxygen atoms in total. The number of hydrogen-bond donors (Lipinski definition) is 2. The maximum Gasteiger partial charge on any atom is 0.262 e. The normalized spacial score (nSPS) is 15.3. The summed E-state index contributed by atoms with van der Waals surface area (Å²) in [5.74, 6) is -0.834. The van der Waals surface area contributed by atoms with Crippen molar-refractivity contribution < 1.29 is 14.4 Å². The van der Waals surface area contributed by atoms with Crippen LogP contribution in [-0.4, -0.2) is 35.7 Å². The maximum atomic E-state index is 11.8. The third-order valence-corrected chi connectivity index (χ3v) is 3.56. The zero-order chi connectivity index (χ0) is 16.5. The Balaban J connectivity index is 1.74. The van der Waals surface area contributed by atoms with Crippen LogP contribution in [0, 0.1) is 0 Å². The molecule has 1 aliphatic heterocycles. The summed E-state index contributed by atoms with van der Waals surface area (Å²) in [6, 6.07) is 9.37. The van der Waals surface area contributed by atoms with Crippen molar-refractivity contribution in [3.63, 3.8) is 0 Å². The van der Waals surface area contributed by atoms with Crippen LogP contribution in [0.15, 0.2) is 36.4 Å². The average molecular weight is 315 g/mol. The van der Waals surface area contributed by atoms with Gasteiger partial charge in [0.15, 0.2) is 0 Å². The summed E-state index contributed by atoms with van der Waals surface area (Å²) >= 11 is 0. The quantitative estimate of drug-likeness (QED) is 0.648. The number of benzene rings is 1. The molecule has 0 aromatic heterocycles. The van der Waals surface area contributed by atoms with Gasteiger partial charge in [-0.3, -0.25) is 25.2 Å². The summed E-state index contributed by atoms with van der Waals surface area (Å²) in [6.45, 7) is 0.565. The Hall–Kier alpha value is -2.63. The summed E-state index contributed by atoms with van der Waals surface area (Å²) in [6.07, 6.45) is 6.26. The monoisotopic (exact) mass is 315 g/mol. The minimum atomic E-state index is -0.426.